The van der Waals surface area contributed by atoms with Gasteiger partial charge in [-0.3, -0.25) is 10.1 Å². The minimum atomic E-state index is -4.66. The lowest BCUT2D eigenvalue weighted by Crippen LogP contribution is -2.20. The molecule has 0 aliphatic rings. The summed E-state index contributed by atoms with van der Waals surface area (Å²) in [5.41, 5.74) is -1.81. The molecule has 112 valence electrons. The molecule has 0 saturated carbocycles. The molecule has 20 heavy (non-hydrogen) atoms. The minimum absolute atomic E-state index is 0.174. The molecule has 8 heteroatoms. The van der Waals surface area contributed by atoms with Crippen LogP contribution in [0.3, 0.4) is 0 Å². The zero-order chi connectivity index (χ0) is 15.3. The molecule has 1 aromatic carbocycles. The van der Waals surface area contributed by atoms with E-state index in [2.05, 4.69) is 5.32 Å². The Kier molecular flexibility index (Phi) is 5.32. The molecule has 1 rings (SSSR count). The van der Waals surface area contributed by atoms with Crippen LogP contribution in [0.4, 0.5) is 24.5 Å². The van der Waals surface area contributed by atoms with Gasteiger partial charge in [0.2, 0.25) is 0 Å². The summed E-state index contributed by atoms with van der Waals surface area (Å²) < 4.78 is 43.6. The van der Waals surface area contributed by atoms with E-state index < -0.39 is 22.4 Å². The molecule has 1 N–H and O–H groups in total. The molecular weight excluding hydrogens is 277 g/mol. The topological polar surface area (TPSA) is 64.4 Å². The minimum Gasteiger partial charge on any atom is -0.385 e. The van der Waals surface area contributed by atoms with Crippen molar-refractivity contribution in [3.63, 3.8) is 0 Å². The number of nitrogens with one attached hydrogen (secondary N) is 1. The van der Waals surface area contributed by atoms with Crippen molar-refractivity contribution in [1.29, 1.82) is 0 Å². The lowest BCUT2D eigenvalue weighted by Gasteiger charge is -2.19. The summed E-state index contributed by atoms with van der Waals surface area (Å²) in [5.74, 6) is 0. The van der Waals surface area contributed by atoms with Gasteiger partial charge in [0.05, 0.1) is 10.5 Å². The van der Waals surface area contributed by atoms with Gasteiger partial charge >= 0.3 is 6.18 Å². The first-order valence-electron chi connectivity index (χ1n) is 5.86. The van der Waals surface area contributed by atoms with Crippen LogP contribution in [0.25, 0.3) is 0 Å². The van der Waals surface area contributed by atoms with Crippen LogP contribution in [-0.2, 0) is 10.9 Å². The quantitative estimate of drug-likeness (QED) is 0.644. The average molecular weight is 292 g/mol. The fraction of sp³-hybridized carbons (Fsp3) is 0.500. The largest absolute Gasteiger partial charge is 0.418 e. The highest BCUT2D eigenvalue weighted by Gasteiger charge is 2.35. The standard InChI is InChI=1S/C12H15F3N2O3/c1-8(5-6-20-2)16-11-4-3-9(17(18)19)7-10(11)12(13,14)15/h3-4,7-8,16H,5-6H2,1-2H3. The number of non-ortho nitro benzene ring substituents is 1. The van der Waals surface area contributed by atoms with Gasteiger partial charge in [0.15, 0.2) is 0 Å². The maximum Gasteiger partial charge on any atom is 0.418 e. The van der Waals surface area contributed by atoms with Crippen LogP contribution in [0.2, 0.25) is 0 Å². The number of hydrogen-bond acceptors (Lipinski definition) is 4. The molecule has 0 bridgehead atoms. The number of nitrogens with zero attached hydrogens (tertiary/aromatic N) is 1. The van der Waals surface area contributed by atoms with Crippen LogP contribution in [-0.4, -0.2) is 24.7 Å². The number of benzene rings is 1. The molecule has 0 saturated heterocycles. The summed E-state index contributed by atoms with van der Waals surface area (Å²) in [6.45, 7) is 2.11. The number of alkyl halides is 3. The summed E-state index contributed by atoms with van der Waals surface area (Å²) in [6, 6.07) is 2.40. The fourth-order valence-corrected chi connectivity index (χ4v) is 1.64. The Morgan fingerprint density at radius 3 is 2.60 bits per heavy atom. The molecule has 0 fully saturated rings. The highest BCUT2D eigenvalue weighted by atomic mass is 19.4. The SMILES string of the molecule is COCCC(C)Nc1ccc([N+](=O)[O-])cc1C(F)(F)F. The van der Waals surface area contributed by atoms with Crippen molar-refractivity contribution in [2.75, 3.05) is 19.0 Å². The summed E-state index contributed by atoms with van der Waals surface area (Å²) >= 11 is 0. The molecule has 1 unspecified atom stereocenters. The Morgan fingerprint density at radius 2 is 2.10 bits per heavy atom. The first kappa shape index (κ1) is 16.2. The summed E-state index contributed by atoms with van der Waals surface area (Å²) in [5, 5.41) is 13.3. The number of halogens is 3. The molecular formula is C12H15F3N2O3. The Bertz CT molecular complexity index is 478. The van der Waals surface area contributed by atoms with E-state index in [0.717, 1.165) is 12.1 Å². The molecule has 0 aromatic heterocycles. The second-order valence-electron chi connectivity index (χ2n) is 4.31. The van der Waals surface area contributed by atoms with Crippen LogP contribution in [0.15, 0.2) is 18.2 Å². The van der Waals surface area contributed by atoms with Crippen LogP contribution in [0, 0.1) is 10.1 Å². The molecule has 0 amide bonds. The van der Waals surface area contributed by atoms with Crippen molar-refractivity contribution in [2.24, 2.45) is 0 Å². The molecule has 0 spiro atoms. The third-order valence-corrected chi connectivity index (χ3v) is 2.68. The van der Waals surface area contributed by atoms with Crippen molar-refractivity contribution in [1.82, 2.24) is 0 Å². The first-order valence-corrected chi connectivity index (χ1v) is 5.86. The van der Waals surface area contributed by atoms with Crippen molar-refractivity contribution in [3.8, 4) is 0 Å². The molecule has 0 aliphatic carbocycles. The van der Waals surface area contributed by atoms with E-state index in [4.69, 9.17) is 4.74 Å². The summed E-state index contributed by atoms with van der Waals surface area (Å²) in [4.78, 5) is 9.70. The zero-order valence-corrected chi connectivity index (χ0v) is 11.0. The Hall–Kier alpha value is -1.83. The third-order valence-electron chi connectivity index (χ3n) is 2.68. The van der Waals surface area contributed by atoms with E-state index in [-0.39, 0.29) is 11.7 Å². The molecule has 5 nitrogen and oxygen atoms in total. The second-order valence-corrected chi connectivity index (χ2v) is 4.31. The maximum atomic E-state index is 12.9. The predicted molar refractivity (Wildman–Crippen MR) is 67.7 cm³/mol. The first-order chi connectivity index (χ1) is 9.25. The Morgan fingerprint density at radius 1 is 1.45 bits per heavy atom. The highest BCUT2D eigenvalue weighted by Crippen LogP contribution is 2.37. The van der Waals surface area contributed by atoms with Crippen LogP contribution >= 0.6 is 0 Å². The van der Waals surface area contributed by atoms with Gasteiger partial charge in [-0.1, -0.05) is 0 Å². The van der Waals surface area contributed by atoms with Gasteiger partial charge in [-0.2, -0.15) is 13.2 Å². The number of anilines is 1. The zero-order valence-electron chi connectivity index (χ0n) is 11.0. The van der Waals surface area contributed by atoms with E-state index in [1.165, 1.54) is 7.11 Å². The van der Waals surface area contributed by atoms with Crippen LogP contribution in [0.5, 0.6) is 0 Å². The van der Waals surface area contributed by atoms with E-state index in [9.17, 15) is 23.3 Å². The number of nitro benzene ring substituents is 1. The van der Waals surface area contributed by atoms with Crippen LogP contribution < -0.4 is 5.32 Å². The van der Waals surface area contributed by atoms with Crippen molar-refractivity contribution < 1.29 is 22.8 Å². The Balaban J connectivity index is 3.03. The van der Waals surface area contributed by atoms with Gasteiger partial charge in [0.1, 0.15) is 0 Å². The average Bonchev–Trinajstić information content (AvgIpc) is 2.35. The normalized spacial score (nSPS) is 13.1. The molecule has 1 atom stereocenters. The van der Waals surface area contributed by atoms with E-state index in [1.54, 1.807) is 6.92 Å². The van der Waals surface area contributed by atoms with Crippen molar-refractivity contribution in [3.05, 3.63) is 33.9 Å². The van der Waals surface area contributed by atoms with Gasteiger partial charge in [-0.15, -0.1) is 0 Å². The maximum absolute atomic E-state index is 12.9. The number of ether oxygens (including phenoxy) is 1. The fourth-order valence-electron chi connectivity index (χ4n) is 1.64. The molecule has 0 heterocycles. The summed E-state index contributed by atoms with van der Waals surface area (Å²) in [6.07, 6.45) is -4.14. The number of hydrogen-bond donors (Lipinski definition) is 1. The lowest BCUT2D eigenvalue weighted by atomic mass is 10.1. The van der Waals surface area contributed by atoms with Crippen LogP contribution in [0.1, 0.15) is 18.9 Å². The van der Waals surface area contributed by atoms with E-state index >= 15 is 0 Å². The van der Waals surface area contributed by atoms with Crippen molar-refractivity contribution >= 4 is 11.4 Å². The number of nitro groups is 1. The number of methoxy groups -OCH3 is 1. The smallest absolute Gasteiger partial charge is 0.385 e. The molecule has 1 aromatic rings. The Labute approximate surface area is 113 Å². The van der Waals surface area contributed by atoms with Crippen molar-refractivity contribution in [2.45, 2.75) is 25.6 Å². The van der Waals surface area contributed by atoms with E-state index in [0.29, 0.717) is 19.1 Å². The third kappa shape index (κ3) is 4.37. The summed E-state index contributed by atoms with van der Waals surface area (Å²) in [7, 11) is 1.50. The van der Waals surface area contributed by atoms with Gasteiger partial charge in [-0.05, 0) is 19.4 Å². The lowest BCUT2D eigenvalue weighted by molar-refractivity contribution is -0.385. The van der Waals surface area contributed by atoms with Gasteiger partial charge < -0.3 is 10.1 Å². The number of rotatable bonds is 6. The molecule has 0 aliphatic heterocycles. The molecule has 0 radical (unpaired) electrons. The predicted octanol–water partition coefficient (Wildman–Crippen LogP) is 3.45. The van der Waals surface area contributed by atoms with Gasteiger partial charge in [0, 0.05) is 37.6 Å². The highest BCUT2D eigenvalue weighted by molar-refractivity contribution is 5.57. The monoisotopic (exact) mass is 292 g/mol. The van der Waals surface area contributed by atoms with Gasteiger partial charge in [-0.25, -0.2) is 0 Å². The second kappa shape index (κ2) is 6.56. The van der Waals surface area contributed by atoms with Gasteiger partial charge in [0.25, 0.3) is 5.69 Å². The van der Waals surface area contributed by atoms with E-state index in [1.807, 2.05) is 0 Å².